The van der Waals surface area contributed by atoms with Crippen LogP contribution in [0.15, 0.2) is 11.6 Å². The van der Waals surface area contributed by atoms with E-state index >= 15 is 0 Å². The first-order valence-electron chi connectivity index (χ1n) is 24.1. The molecule has 0 aromatic rings. The Morgan fingerprint density at radius 3 is 1.94 bits per heavy atom. The molecule has 4 saturated carbocycles. The molecular weight excluding hydrogens is 849 g/mol. The lowest BCUT2D eigenvalue weighted by molar-refractivity contribution is -0.395. The Bertz CT molecular complexity index is 1790. The predicted octanol–water partition coefficient (Wildman–Crippen LogP) is 1.73. The van der Waals surface area contributed by atoms with Crippen LogP contribution in [-0.2, 0) is 33.2 Å². The Morgan fingerprint density at radius 2 is 1.29 bits per heavy atom. The second kappa shape index (κ2) is 17.2. The van der Waals surface area contributed by atoms with Gasteiger partial charge in [-0.15, -0.1) is 0 Å². The average molecular weight is 927 g/mol. The summed E-state index contributed by atoms with van der Waals surface area (Å²) in [4.78, 5) is 12.5. The summed E-state index contributed by atoms with van der Waals surface area (Å²) in [6.45, 7) is 19.3. The second-order valence-electron chi connectivity index (χ2n) is 23.8. The quantitative estimate of drug-likeness (QED) is 0.123. The van der Waals surface area contributed by atoms with E-state index in [-0.39, 0.29) is 39.1 Å². The van der Waals surface area contributed by atoms with E-state index in [1.54, 1.807) is 5.57 Å². The molecule has 8 rings (SSSR count). The van der Waals surface area contributed by atoms with Gasteiger partial charge in [-0.3, -0.25) is 0 Å². The molecule has 8 aliphatic rings. The standard InChI is InChI=1S/C48H78O17/c1-21-29(51)31(53)35(57)40(60-21)64-37-32(54)30(52)24(20-49)61-41(37)65-38-34(56)33(55)36(39(58)59)63-42(38)62-28-13-14-46(7)25(44(28,4)5)12-15-48(9)26(46)11-10-22-23-18-43(2,3)19-27(50)45(23,6)16-17-47(22,48)8/h10,21,23-38,40-42,49-57H,11-20H2,1-9H3,(H,58,59)/t21-,23?,24+,25?,26?,27+,28-,29+,30-,31+,32-,33-,34-,35+,36-,37+,38+,40-,41-,42+,45+,46-,47?,48+/m0/s1. The number of aliphatic hydroxyl groups excluding tert-OH is 9. The molecule has 5 aliphatic carbocycles. The van der Waals surface area contributed by atoms with Crippen molar-refractivity contribution in [1.82, 2.24) is 0 Å². The number of aliphatic carboxylic acids is 1. The van der Waals surface area contributed by atoms with Crippen LogP contribution in [-0.4, -0.2) is 168 Å². The van der Waals surface area contributed by atoms with Crippen LogP contribution < -0.4 is 0 Å². The van der Waals surface area contributed by atoms with Crippen molar-refractivity contribution in [3.8, 4) is 0 Å². The first-order valence-corrected chi connectivity index (χ1v) is 24.1. The first-order chi connectivity index (χ1) is 30.2. The Balaban J connectivity index is 1.06. The molecule has 4 unspecified atom stereocenters. The summed E-state index contributed by atoms with van der Waals surface area (Å²) < 4.78 is 36.4. The molecule has 0 aromatic heterocycles. The third-order valence-corrected chi connectivity index (χ3v) is 19.4. The van der Waals surface area contributed by atoms with Gasteiger partial charge in [-0.2, -0.15) is 0 Å². The predicted molar refractivity (Wildman–Crippen MR) is 229 cm³/mol. The lowest BCUT2D eigenvalue weighted by Gasteiger charge is -2.71. The fourth-order valence-corrected chi connectivity index (χ4v) is 15.1. The molecule has 0 radical (unpaired) electrons. The minimum absolute atomic E-state index is 0.00181. The number of carboxylic acids is 1. The van der Waals surface area contributed by atoms with Gasteiger partial charge in [0.2, 0.25) is 0 Å². The molecule has 17 heteroatoms. The van der Waals surface area contributed by atoms with E-state index in [4.69, 9.17) is 28.4 Å². The van der Waals surface area contributed by atoms with Crippen molar-refractivity contribution < 1.29 is 84.3 Å². The summed E-state index contributed by atoms with van der Waals surface area (Å²) in [5.74, 6) is -0.724. The lowest BCUT2D eigenvalue weighted by atomic mass is 9.33. The van der Waals surface area contributed by atoms with E-state index in [1.807, 2.05) is 0 Å². The van der Waals surface area contributed by atoms with E-state index in [2.05, 4.69) is 61.5 Å². The Morgan fingerprint density at radius 1 is 0.662 bits per heavy atom. The van der Waals surface area contributed by atoms with Gasteiger partial charge in [0, 0.05) is 5.41 Å². The number of allylic oxidation sites excluding steroid dienone is 2. The smallest absolute Gasteiger partial charge is 0.335 e. The molecule has 65 heavy (non-hydrogen) atoms. The highest BCUT2D eigenvalue weighted by Crippen LogP contribution is 2.76. The van der Waals surface area contributed by atoms with E-state index in [0.717, 1.165) is 51.4 Å². The molecule has 372 valence electrons. The molecular formula is C48H78O17. The maximum atomic E-state index is 12.5. The van der Waals surface area contributed by atoms with E-state index in [1.165, 1.54) is 6.92 Å². The van der Waals surface area contributed by atoms with Crippen LogP contribution in [0.2, 0.25) is 0 Å². The molecule has 3 aliphatic heterocycles. The van der Waals surface area contributed by atoms with Gasteiger partial charge < -0.3 is 79.5 Å². The highest BCUT2D eigenvalue weighted by molar-refractivity contribution is 5.73. The van der Waals surface area contributed by atoms with Crippen molar-refractivity contribution in [3.63, 3.8) is 0 Å². The number of carboxylic acid groups (broad SMARTS) is 1. The van der Waals surface area contributed by atoms with Gasteiger partial charge in [0.1, 0.15) is 61.0 Å². The van der Waals surface area contributed by atoms with Crippen molar-refractivity contribution in [2.75, 3.05) is 6.61 Å². The SMILES string of the molecule is C[C@@H]1O[C@@H](O[C@H]2[C@H](O[C@H]3[C@H](O[C@H]4CC[C@@]5(C)C(CC[C@]6(C)C5CC=C5C7CC(C)(C)C[C@@H](O)[C@]7(C)CCC56C)C4(C)C)O[C@H](C(=O)O)[C@@H](O)[C@@H]3O)O[C@H](CO)[C@H](O)[C@@H]2O)[C@H](O)[C@H](O)[C@@H]1O. The van der Waals surface area contributed by atoms with Crippen LogP contribution in [0.25, 0.3) is 0 Å². The summed E-state index contributed by atoms with van der Waals surface area (Å²) in [6.07, 6.45) is -15.9. The van der Waals surface area contributed by atoms with E-state index < -0.39 is 116 Å². The lowest BCUT2D eigenvalue weighted by Crippen LogP contribution is -2.68. The maximum Gasteiger partial charge on any atom is 0.335 e. The van der Waals surface area contributed by atoms with E-state index in [9.17, 15) is 55.9 Å². The zero-order chi connectivity index (χ0) is 47.7. The second-order valence-corrected chi connectivity index (χ2v) is 23.8. The normalized spacial score (nSPS) is 55.1. The van der Waals surface area contributed by atoms with Gasteiger partial charge in [-0.25, -0.2) is 4.79 Å². The zero-order valence-electron chi connectivity index (χ0n) is 39.5. The molecule has 0 aromatic carbocycles. The van der Waals surface area contributed by atoms with Crippen molar-refractivity contribution in [3.05, 3.63) is 11.6 Å². The van der Waals surface area contributed by atoms with Crippen LogP contribution in [0.5, 0.6) is 0 Å². The monoisotopic (exact) mass is 927 g/mol. The first kappa shape index (κ1) is 50.0. The minimum Gasteiger partial charge on any atom is -0.479 e. The summed E-state index contributed by atoms with van der Waals surface area (Å²) in [5.41, 5.74) is 0.763. The molecule has 24 atom stereocenters. The van der Waals surface area contributed by atoms with Gasteiger partial charge in [0.05, 0.1) is 24.9 Å². The fourth-order valence-electron chi connectivity index (χ4n) is 15.1. The zero-order valence-corrected chi connectivity index (χ0v) is 39.5. The molecule has 0 spiro atoms. The number of fused-ring (bicyclic) bond motifs is 7. The Hall–Kier alpha value is -1.39. The average Bonchev–Trinajstić information content (AvgIpc) is 3.22. The molecule has 3 saturated heterocycles. The molecule has 0 bridgehead atoms. The maximum absolute atomic E-state index is 12.5. The molecule has 0 amide bonds. The van der Waals surface area contributed by atoms with Crippen LogP contribution in [0.4, 0.5) is 0 Å². The summed E-state index contributed by atoms with van der Waals surface area (Å²) in [6, 6.07) is 0. The molecule has 17 nitrogen and oxygen atoms in total. The van der Waals surface area contributed by atoms with Gasteiger partial charge in [-0.1, -0.05) is 67.0 Å². The summed E-state index contributed by atoms with van der Waals surface area (Å²) in [7, 11) is 0. The van der Waals surface area contributed by atoms with Crippen molar-refractivity contribution in [2.45, 2.75) is 224 Å². The summed E-state index contributed by atoms with van der Waals surface area (Å²) in [5, 5.41) is 108. The topological polar surface area (TPSA) is 275 Å². The number of rotatable bonds is 8. The third-order valence-electron chi connectivity index (χ3n) is 19.4. The van der Waals surface area contributed by atoms with Gasteiger partial charge in [0.15, 0.2) is 25.0 Å². The van der Waals surface area contributed by atoms with E-state index in [0.29, 0.717) is 18.3 Å². The molecule has 7 fully saturated rings. The van der Waals surface area contributed by atoms with Gasteiger partial charge >= 0.3 is 5.97 Å². The number of ether oxygens (including phenoxy) is 6. The van der Waals surface area contributed by atoms with Crippen LogP contribution >= 0.6 is 0 Å². The van der Waals surface area contributed by atoms with Gasteiger partial charge in [0.25, 0.3) is 0 Å². The fraction of sp³-hybridized carbons (Fsp3) is 0.938. The Labute approximate surface area is 382 Å². The van der Waals surface area contributed by atoms with Crippen molar-refractivity contribution in [1.29, 1.82) is 0 Å². The molecule has 10 N–H and O–H groups in total. The van der Waals surface area contributed by atoms with Crippen molar-refractivity contribution >= 4 is 5.97 Å². The molecule has 3 heterocycles. The summed E-state index contributed by atoms with van der Waals surface area (Å²) >= 11 is 0. The number of aliphatic hydroxyl groups is 9. The third kappa shape index (κ3) is 7.81. The largest absolute Gasteiger partial charge is 0.479 e. The highest BCUT2D eigenvalue weighted by Gasteiger charge is 2.69. The van der Waals surface area contributed by atoms with Gasteiger partial charge in [-0.05, 0) is 110 Å². The highest BCUT2D eigenvalue weighted by atomic mass is 16.8. The van der Waals surface area contributed by atoms with Crippen LogP contribution in [0.1, 0.15) is 120 Å². The van der Waals surface area contributed by atoms with Crippen molar-refractivity contribution in [2.24, 2.45) is 50.2 Å². The number of hydrogen-bond donors (Lipinski definition) is 10. The van der Waals surface area contributed by atoms with Crippen LogP contribution in [0.3, 0.4) is 0 Å². The Kier molecular flexibility index (Phi) is 13.2. The minimum atomic E-state index is -2.02. The number of carbonyl (C=O) groups is 1. The number of hydrogen-bond acceptors (Lipinski definition) is 16. The van der Waals surface area contributed by atoms with Crippen LogP contribution in [0, 0.1) is 50.2 Å².